The Kier molecular flexibility index (Phi) is 7.61. The molecular weight excluding hydrogens is 424 g/mol. The van der Waals surface area contributed by atoms with Crippen molar-refractivity contribution in [1.29, 1.82) is 0 Å². The van der Waals surface area contributed by atoms with Crippen molar-refractivity contribution in [3.63, 3.8) is 0 Å². The average molecular weight is 471 g/mol. The first kappa shape index (κ1) is 25.2. The molecule has 3 heteroatoms. The Bertz CT molecular complexity index is 863. The van der Waals surface area contributed by atoms with Gasteiger partial charge < -0.3 is 5.11 Å². The molecule has 5 rings (SSSR count). The monoisotopic (exact) mass is 470 g/mol. The molecule has 2 nitrogen and oxygen atoms in total. The fourth-order valence-corrected chi connectivity index (χ4v) is 10.0. The highest BCUT2D eigenvalue weighted by Crippen LogP contribution is 2.67. The van der Waals surface area contributed by atoms with Crippen molar-refractivity contribution < 1.29 is 9.32 Å². The maximum absolute atomic E-state index is 13.0. The number of hydrogen-bond acceptors (Lipinski definition) is 2. The summed E-state index contributed by atoms with van der Waals surface area (Å²) in [4.78, 5) is 0.982. The van der Waals surface area contributed by atoms with E-state index in [2.05, 4.69) is 26.8 Å². The smallest absolute Gasteiger partial charge is 0.0577 e. The van der Waals surface area contributed by atoms with Crippen LogP contribution in [0.3, 0.4) is 0 Å². The zero-order chi connectivity index (χ0) is 23.8. The van der Waals surface area contributed by atoms with Crippen molar-refractivity contribution >= 4 is 10.8 Å². The van der Waals surface area contributed by atoms with Crippen LogP contribution in [-0.2, 0) is 10.8 Å². The molecule has 0 spiro atoms. The van der Waals surface area contributed by atoms with Crippen LogP contribution in [-0.4, -0.2) is 21.2 Å². The van der Waals surface area contributed by atoms with Crippen molar-refractivity contribution in [1.82, 2.24) is 0 Å². The van der Waals surface area contributed by atoms with E-state index in [4.69, 9.17) is 0 Å². The first-order valence-electron chi connectivity index (χ1n) is 13.6. The Morgan fingerprint density at radius 1 is 1.03 bits per heavy atom. The van der Waals surface area contributed by atoms with E-state index >= 15 is 0 Å². The van der Waals surface area contributed by atoms with Gasteiger partial charge in [-0.15, -0.1) is 0 Å². The van der Waals surface area contributed by atoms with Crippen molar-refractivity contribution in [3.05, 3.63) is 42.0 Å². The van der Waals surface area contributed by atoms with Gasteiger partial charge in [-0.25, -0.2) is 0 Å². The van der Waals surface area contributed by atoms with Gasteiger partial charge in [0.25, 0.3) is 0 Å². The van der Waals surface area contributed by atoms with Gasteiger partial charge in [0, 0.05) is 10.6 Å². The van der Waals surface area contributed by atoms with Gasteiger partial charge in [-0.2, -0.15) is 0 Å². The standard InChI is InChI=1S/C28H40O2S.C2H6/c1-19(18-31(30)22-7-5-4-6-8-22)24-11-12-25-23-10-9-20-17-21(29)13-15-27(20,2)26(23)14-16-28(24,25)3;1-2/h4-9,19,21,23-26,29H,10-18H2,1-3H3;1-2H3/t19-,21?,23?,24?,25?,26?,27?,28?,31?;/m1./s1. The van der Waals surface area contributed by atoms with Gasteiger partial charge in [-0.3, -0.25) is 4.21 Å². The van der Waals surface area contributed by atoms with E-state index in [1.807, 2.05) is 44.2 Å². The fourth-order valence-electron chi connectivity index (χ4n) is 8.64. The molecule has 0 radical (unpaired) electrons. The van der Waals surface area contributed by atoms with Gasteiger partial charge in [-0.05, 0) is 104 Å². The first-order valence-corrected chi connectivity index (χ1v) is 15.0. The Morgan fingerprint density at radius 3 is 2.48 bits per heavy atom. The van der Waals surface area contributed by atoms with Gasteiger partial charge in [0.15, 0.2) is 0 Å². The normalized spacial score (nSPS) is 41.4. The van der Waals surface area contributed by atoms with E-state index in [0.717, 1.165) is 41.2 Å². The lowest BCUT2D eigenvalue weighted by atomic mass is 9.47. The van der Waals surface area contributed by atoms with E-state index in [-0.39, 0.29) is 6.10 Å². The molecule has 4 aliphatic carbocycles. The predicted octanol–water partition coefficient (Wildman–Crippen LogP) is 7.40. The molecule has 1 aromatic rings. The third-order valence-electron chi connectivity index (χ3n) is 10.3. The zero-order valence-electron chi connectivity index (χ0n) is 21.6. The van der Waals surface area contributed by atoms with Gasteiger partial charge in [0.2, 0.25) is 0 Å². The maximum Gasteiger partial charge on any atom is 0.0577 e. The number of aliphatic hydroxyl groups excluding tert-OH is 1. The van der Waals surface area contributed by atoms with E-state index in [0.29, 0.717) is 22.7 Å². The minimum Gasteiger partial charge on any atom is -0.393 e. The number of hydrogen-bond donors (Lipinski definition) is 1. The van der Waals surface area contributed by atoms with Crippen LogP contribution in [0.4, 0.5) is 0 Å². The molecule has 4 aliphatic rings. The van der Waals surface area contributed by atoms with E-state index < -0.39 is 10.8 Å². The minimum absolute atomic E-state index is 0.119. The number of rotatable bonds is 4. The first-order chi connectivity index (χ1) is 15.8. The lowest BCUT2D eigenvalue weighted by Gasteiger charge is -2.58. The second-order valence-corrected chi connectivity index (χ2v) is 13.2. The molecule has 9 atom stereocenters. The molecule has 0 heterocycles. The molecule has 0 aliphatic heterocycles. The highest BCUT2D eigenvalue weighted by atomic mass is 32.2. The SMILES string of the molecule is CC.C[C@H](CS(=O)c1ccccc1)C1CCC2C3CC=C4CC(O)CCC4(C)C3CCC21C. The van der Waals surface area contributed by atoms with Crippen molar-refractivity contribution in [2.75, 3.05) is 5.75 Å². The Labute approximate surface area is 205 Å². The molecule has 1 aromatic carbocycles. The molecule has 33 heavy (non-hydrogen) atoms. The Hall–Kier alpha value is -0.930. The lowest BCUT2D eigenvalue weighted by Crippen LogP contribution is -2.51. The summed E-state index contributed by atoms with van der Waals surface area (Å²) < 4.78 is 13.0. The Balaban J connectivity index is 0.00000126. The molecule has 8 unspecified atom stereocenters. The molecular formula is C30H46O2S. The van der Waals surface area contributed by atoms with Crippen LogP contribution in [0.5, 0.6) is 0 Å². The summed E-state index contributed by atoms with van der Waals surface area (Å²) in [6, 6.07) is 10.0. The van der Waals surface area contributed by atoms with E-state index in [9.17, 15) is 9.32 Å². The van der Waals surface area contributed by atoms with Gasteiger partial charge >= 0.3 is 0 Å². The second-order valence-electron chi connectivity index (χ2n) is 11.7. The van der Waals surface area contributed by atoms with Gasteiger partial charge in [0.1, 0.15) is 0 Å². The highest BCUT2D eigenvalue weighted by molar-refractivity contribution is 7.85. The Morgan fingerprint density at radius 2 is 1.76 bits per heavy atom. The van der Waals surface area contributed by atoms with Crippen LogP contribution in [0.25, 0.3) is 0 Å². The number of benzene rings is 1. The number of fused-ring (bicyclic) bond motifs is 5. The summed E-state index contributed by atoms with van der Waals surface area (Å²) in [6.07, 6.45) is 12.0. The summed E-state index contributed by atoms with van der Waals surface area (Å²) in [7, 11) is -0.897. The minimum atomic E-state index is -0.897. The molecule has 0 bridgehead atoms. The zero-order valence-corrected chi connectivity index (χ0v) is 22.4. The van der Waals surface area contributed by atoms with Crippen LogP contribution < -0.4 is 0 Å². The van der Waals surface area contributed by atoms with E-state index in [1.165, 1.54) is 38.5 Å². The summed E-state index contributed by atoms with van der Waals surface area (Å²) in [6.45, 7) is 11.5. The third kappa shape index (κ3) is 4.42. The van der Waals surface area contributed by atoms with Crippen LogP contribution in [0.1, 0.15) is 86.0 Å². The van der Waals surface area contributed by atoms with Crippen LogP contribution in [0, 0.1) is 40.4 Å². The molecule has 0 aromatic heterocycles. The van der Waals surface area contributed by atoms with Crippen LogP contribution in [0.2, 0.25) is 0 Å². The lowest BCUT2D eigenvalue weighted by molar-refractivity contribution is -0.0553. The van der Waals surface area contributed by atoms with Crippen LogP contribution >= 0.6 is 0 Å². The van der Waals surface area contributed by atoms with Crippen molar-refractivity contribution in [3.8, 4) is 0 Å². The van der Waals surface area contributed by atoms with E-state index in [1.54, 1.807) is 5.57 Å². The van der Waals surface area contributed by atoms with Gasteiger partial charge in [0.05, 0.1) is 16.9 Å². The predicted molar refractivity (Wildman–Crippen MR) is 139 cm³/mol. The second kappa shape index (κ2) is 9.97. The summed E-state index contributed by atoms with van der Waals surface area (Å²) >= 11 is 0. The molecule has 3 fully saturated rings. The maximum atomic E-state index is 13.0. The topological polar surface area (TPSA) is 37.3 Å². The number of allylic oxidation sites excluding steroid dienone is 1. The summed E-state index contributed by atoms with van der Waals surface area (Å²) in [5.74, 6) is 4.40. The largest absolute Gasteiger partial charge is 0.393 e. The molecule has 0 amide bonds. The molecule has 1 N–H and O–H groups in total. The highest BCUT2D eigenvalue weighted by Gasteiger charge is 2.59. The van der Waals surface area contributed by atoms with Crippen molar-refractivity contribution in [2.24, 2.45) is 40.4 Å². The summed E-state index contributed by atoms with van der Waals surface area (Å²) in [5, 5.41) is 10.2. The molecule has 0 saturated heterocycles. The number of aliphatic hydroxyl groups is 1. The molecule has 3 saturated carbocycles. The third-order valence-corrected chi connectivity index (χ3v) is 11.9. The fraction of sp³-hybridized carbons (Fsp3) is 0.733. The average Bonchev–Trinajstić information content (AvgIpc) is 3.19. The molecule has 184 valence electrons. The summed E-state index contributed by atoms with van der Waals surface area (Å²) in [5.41, 5.74) is 2.29. The van der Waals surface area contributed by atoms with Gasteiger partial charge in [-0.1, -0.05) is 64.5 Å². The quantitative estimate of drug-likeness (QED) is 0.466. The van der Waals surface area contributed by atoms with Crippen LogP contribution in [0.15, 0.2) is 46.9 Å². The van der Waals surface area contributed by atoms with Crippen molar-refractivity contribution in [2.45, 2.75) is 97.0 Å².